The van der Waals surface area contributed by atoms with Crippen LogP contribution in [0.5, 0.6) is 5.75 Å². The number of phenols is 1. The topological polar surface area (TPSA) is 50.1 Å². The van der Waals surface area contributed by atoms with Crippen molar-refractivity contribution in [3.8, 4) is 5.75 Å². The molecule has 0 unspecified atom stereocenters. The van der Waals surface area contributed by atoms with Gasteiger partial charge in [0.05, 0.1) is 0 Å². The maximum atomic E-state index is 9.69. The maximum Gasteiger partial charge on any atom is 0.120 e. The first-order chi connectivity index (χ1) is 8.75. The van der Waals surface area contributed by atoms with Gasteiger partial charge in [-0.3, -0.25) is 4.68 Å². The van der Waals surface area contributed by atoms with E-state index in [1.165, 1.54) is 5.56 Å². The molecule has 0 fully saturated rings. The van der Waals surface area contributed by atoms with E-state index in [1.807, 2.05) is 36.0 Å². The van der Waals surface area contributed by atoms with Crippen molar-refractivity contribution in [2.45, 2.75) is 26.4 Å². The van der Waals surface area contributed by atoms with E-state index in [-0.39, 0.29) is 0 Å². The van der Waals surface area contributed by atoms with E-state index in [9.17, 15) is 5.11 Å². The molecule has 1 heterocycles. The summed E-state index contributed by atoms with van der Waals surface area (Å²) in [5.74, 6) is 0.361. The molecule has 1 aromatic carbocycles. The van der Waals surface area contributed by atoms with Gasteiger partial charge in [-0.15, -0.1) is 0 Å². The van der Waals surface area contributed by atoms with Gasteiger partial charge >= 0.3 is 0 Å². The number of benzene rings is 1. The molecule has 96 valence electrons. The zero-order chi connectivity index (χ0) is 12.8. The highest BCUT2D eigenvalue weighted by Crippen LogP contribution is 2.17. The Morgan fingerprint density at radius 3 is 3.06 bits per heavy atom. The van der Waals surface area contributed by atoms with Gasteiger partial charge in [0.15, 0.2) is 0 Å². The minimum absolute atomic E-state index is 0.361. The van der Waals surface area contributed by atoms with Crippen LogP contribution in [0.1, 0.15) is 17.5 Å². The van der Waals surface area contributed by atoms with E-state index in [0.29, 0.717) is 12.3 Å². The predicted octanol–water partition coefficient (Wildman–Crippen LogP) is 2.08. The van der Waals surface area contributed by atoms with Crippen molar-refractivity contribution in [1.29, 1.82) is 0 Å². The third-order valence-electron chi connectivity index (χ3n) is 2.85. The standard InChI is InChI=1S/C14H19N3O/c1-12-4-5-14(18)13(10-12)11-15-6-2-8-17-9-3-7-16-17/h3-5,7,9-10,15,18H,2,6,8,11H2,1H3. The highest BCUT2D eigenvalue weighted by molar-refractivity contribution is 5.35. The van der Waals surface area contributed by atoms with Crippen LogP contribution >= 0.6 is 0 Å². The number of phenolic OH excluding ortho intramolecular Hbond substituents is 1. The summed E-state index contributed by atoms with van der Waals surface area (Å²) in [6.07, 6.45) is 4.78. The van der Waals surface area contributed by atoms with Crippen molar-refractivity contribution in [3.63, 3.8) is 0 Å². The molecule has 0 atom stereocenters. The Bertz CT molecular complexity index is 480. The van der Waals surface area contributed by atoms with Crippen molar-refractivity contribution < 1.29 is 5.11 Å². The molecule has 0 aliphatic rings. The summed E-state index contributed by atoms with van der Waals surface area (Å²) in [6.45, 7) is 4.56. The van der Waals surface area contributed by atoms with E-state index >= 15 is 0 Å². The van der Waals surface area contributed by atoms with Gasteiger partial charge in [-0.05, 0) is 32.0 Å². The number of hydrogen-bond acceptors (Lipinski definition) is 3. The molecule has 4 heteroatoms. The van der Waals surface area contributed by atoms with E-state index in [0.717, 1.165) is 25.1 Å². The molecule has 0 saturated heterocycles. The third kappa shape index (κ3) is 3.60. The summed E-state index contributed by atoms with van der Waals surface area (Å²) in [5, 5.41) is 17.2. The summed E-state index contributed by atoms with van der Waals surface area (Å²) in [6, 6.07) is 7.60. The Balaban J connectivity index is 1.70. The zero-order valence-electron chi connectivity index (χ0n) is 10.6. The first kappa shape index (κ1) is 12.6. The van der Waals surface area contributed by atoms with E-state index in [1.54, 1.807) is 12.3 Å². The number of aromatic hydroxyl groups is 1. The molecule has 0 spiro atoms. The van der Waals surface area contributed by atoms with Crippen LogP contribution in [0.15, 0.2) is 36.7 Å². The lowest BCUT2D eigenvalue weighted by atomic mass is 10.1. The molecule has 0 saturated carbocycles. The van der Waals surface area contributed by atoms with Crippen molar-refractivity contribution in [2.24, 2.45) is 0 Å². The molecule has 0 amide bonds. The first-order valence-corrected chi connectivity index (χ1v) is 6.22. The maximum absolute atomic E-state index is 9.69. The highest BCUT2D eigenvalue weighted by atomic mass is 16.3. The second kappa shape index (κ2) is 6.21. The molecule has 0 radical (unpaired) electrons. The number of nitrogens with zero attached hydrogens (tertiary/aromatic N) is 2. The van der Waals surface area contributed by atoms with Crippen LogP contribution in [0.25, 0.3) is 0 Å². The Morgan fingerprint density at radius 2 is 2.28 bits per heavy atom. The van der Waals surface area contributed by atoms with Crippen LogP contribution in [0.3, 0.4) is 0 Å². The average molecular weight is 245 g/mol. The van der Waals surface area contributed by atoms with Gasteiger partial charge in [0.25, 0.3) is 0 Å². The van der Waals surface area contributed by atoms with E-state index in [4.69, 9.17) is 0 Å². The smallest absolute Gasteiger partial charge is 0.120 e. The van der Waals surface area contributed by atoms with Gasteiger partial charge in [-0.25, -0.2) is 0 Å². The molecule has 2 N–H and O–H groups in total. The fraction of sp³-hybridized carbons (Fsp3) is 0.357. The fourth-order valence-corrected chi connectivity index (χ4v) is 1.88. The Morgan fingerprint density at radius 1 is 1.39 bits per heavy atom. The van der Waals surface area contributed by atoms with Crippen LogP contribution in [0, 0.1) is 6.92 Å². The summed E-state index contributed by atoms with van der Waals surface area (Å²) in [7, 11) is 0. The summed E-state index contributed by atoms with van der Waals surface area (Å²) >= 11 is 0. The van der Waals surface area contributed by atoms with Gasteiger partial charge in [-0.1, -0.05) is 17.7 Å². The van der Waals surface area contributed by atoms with Gasteiger partial charge in [0.1, 0.15) is 5.75 Å². The molecule has 18 heavy (non-hydrogen) atoms. The minimum Gasteiger partial charge on any atom is -0.508 e. The Labute approximate surface area is 107 Å². The van der Waals surface area contributed by atoms with Crippen molar-refractivity contribution in [2.75, 3.05) is 6.54 Å². The third-order valence-corrected chi connectivity index (χ3v) is 2.85. The largest absolute Gasteiger partial charge is 0.508 e. The van der Waals surface area contributed by atoms with Gasteiger partial charge in [0, 0.05) is 31.0 Å². The quantitative estimate of drug-likeness (QED) is 0.766. The molecule has 0 aliphatic heterocycles. The van der Waals surface area contributed by atoms with Crippen LogP contribution in [-0.2, 0) is 13.1 Å². The second-order valence-electron chi connectivity index (χ2n) is 4.43. The van der Waals surface area contributed by atoms with Crippen molar-refractivity contribution in [1.82, 2.24) is 15.1 Å². The molecule has 0 bridgehead atoms. The molecular formula is C14H19N3O. The summed E-state index contributed by atoms with van der Waals surface area (Å²) < 4.78 is 1.92. The lowest BCUT2D eigenvalue weighted by Crippen LogP contribution is -2.16. The molecule has 2 aromatic rings. The zero-order valence-corrected chi connectivity index (χ0v) is 10.6. The predicted molar refractivity (Wildman–Crippen MR) is 71.4 cm³/mol. The van der Waals surface area contributed by atoms with Crippen LogP contribution in [0.4, 0.5) is 0 Å². The van der Waals surface area contributed by atoms with Crippen molar-refractivity contribution in [3.05, 3.63) is 47.8 Å². The van der Waals surface area contributed by atoms with Gasteiger partial charge < -0.3 is 10.4 Å². The number of rotatable bonds is 6. The lowest BCUT2D eigenvalue weighted by Gasteiger charge is -2.08. The van der Waals surface area contributed by atoms with Crippen LogP contribution in [-0.4, -0.2) is 21.4 Å². The average Bonchev–Trinajstić information content (AvgIpc) is 2.86. The second-order valence-corrected chi connectivity index (χ2v) is 4.43. The SMILES string of the molecule is Cc1ccc(O)c(CNCCCn2cccn2)c1. The number of hydrogen-bond donors (Lipinski definition) is 2. The number of aryl methyl sites for hydroxylation is 2. The summed E-state index contributed by atoms with van der Waals surface area (Å²) in [4.78, 5) is 0. The number of aromatic nitrogens is 2. The fourth-order valence-electron chi connectivity index (χ4n) is 1.88. The monoisotopic (exact) mass is 245 g/mol. The van der Waals surface area contributed by atoms with Gasteiger partial charge in [0.2, 0.25) is 0 Å². The normalized spacial score (nSPS) is 10.7. The molecule has 2 rings (SSSR count). The molecule has 1 aromatic heterocycles. The molecular weight excluding hydrogens is 226 g/mol. The molecule has 0 aliphatic carbocycles. The molecule has 4 nitrogen and oxygen atoms in total. The Kier molecular flexibility index (Phi) is 4.36. The van der Waals surface area contributed by atoms with E-state index in [2.05, 4.69) is 10.4 Å². The van der Waals surface area contributed by atoms with Crippen LogP contribution < -0.4 is 5.32 Å². The summed E-state index contributed by atoms with van der Waals surface area (Å²) in [5.41, 5.74) is 2.12. The Hall–Kier alpha value is -1.81. The minimum atomic E-state index is 0.361. The lowest BCUT2D eigenvalue weighted by molar-refractivity contribution is 0.462. The van der Waals surface area contributed by atoms with Gasteiger partial charge in [-0.2, -0.15) is 5.10 Å². The number of nitrogens with one attached hydrogen (secondary N) is 1. The first-order valence-electron chi connectivity index (χ1n) is 6.22. The van der Waals surface area contributed by atoms with E-state index < -0.39 is 0 Å². The van der Waals surface area contributed by atoms with Crippen LogP contribution in [0.2, 0.25) is 0 Å². The van der Waals surface area contributed by atoms with Crippen molar-refractivity contribution >= 4 is 0 Å². The highest BCUT2D eigenvalue weighted by Gasteiger charge is 2.00.